The van der Waals surface area contributed by atoms with Gasteiger partial charge >= 0.3 is 5.63 Å². The molecule has 0 aliphatic rings. The van der Waals surface area contributed by atoms with Gasteiger partial charge in [-0.1, -0.05) is 35.3 Å². The van der Waals surface area contributed by atoms with Crippen molar-refractivity contribution in [1.29, 1.82) is 0 Å². The van der Waals surface area contributed by atoms with Gasteiger partial charge in [0.05, 0.1) is 17.8 Å². The average molecular weight is 364 g/mol. The van der Waals surface area contributed by atoms with Gasteiger partial charge in [-0.05, 0) is 30.3 Å². The largest absolute Gasteiger partial charge is 0.493 e. The molecular weight excluding hydrogens is 353 g/mol. The van der Waals surface area contributed by atoms with Crippen molar-refractivity contribution in [2.75, 3.05) is 12.4 Å². The Morgan fingerprint density at radius 1 is 1.17 bits per heavy atom. The van der Waals surface area contributed by atoms with Crippen LogP contribution in [0, 0.1) is 0 Å². The summed E-state index contributed by atoms with van der Waals surface area (Å²) in [5, 5.41) is 3.83. The van der Waals surface area contributed by atoms with Crippen LogP contribution in [0.15, 0.2) is 51.7 Å². The quantitative estimate of drug-likeness (QED) is 0.701. The molecule has 5 nitrogen and oxygen atoms in total. The molecule has 122 valence electrons. The highest BCUT2D eigenvalue weighted by Gasteiger charge is 2.16. The third-order valence-electron chi connectivity index (χ3n) is 3.37. The minimum Gasteiger partial charge on any atom is -0.493 e. The lowest BCUT2D eigenvalue weighted by Gasteiger charge is -2.08. The molecule has 1 N–H and O–H groups in total. The average Bonchev–Trinajstić information content (AvgIpc) is 2.57. The summed E-state index contributed by atoms with van der Waals surface area (Å²) in [5.41, 5.74) is -0.337. The fourth-order valence-corrected chi connectivity index (χ4v) is 2.56. The molecule has 3 aromatic rings. The van der Waals surface area contributed by atoms with Gasteiger partial charge in [-0.15, -0.1) is 0 Å². The number of anilines is 1. The molecule has 0 atom stereocenters. The molecule has 24 heavy (non-hydrogen) atoms. The highest BCUT2D eigenvalue weighted by atomic mass is 35.5. The second kappa shape index (κ2) is 6.55. The number of nitrogens with one attached hydrogen (secondary N) is 1. The van der Waals surface area contributed by atoms with Crippen LogP contribution in [0.25, 0.3) is 11.0 Å². The van der Waals surface area contributed by atoms with Gasteiger partial charge in [-0.2, -0.15) is 0 Å². The van der Waals surface area contributed by atoms with Crippen molar-refractivity contribution in [3.8, 4) is 5.75 Å². The van der Waals surface area contributed by atoms with E-state index in [-0.39, 0.29) is 11.1 Å². The summed E-state index contributed by atoms with van der Waals surface area (Å²) in [6.07, 6.45) is 0. The van der Waals surface area contributed by atoms with Gasteiger partial charge in [0.25, 0.3) is 5.91 Å². The van der Waals surface area contributed by atoms with E-state index < -0.39 is 11.5 Å². The van der Waals surface area contributed by atoms with E-state index in [1.807, 2.05) is 0 Å². The number of halogens is 2. The van der Waals surface area contributed by atoms with E-state index in [1.54, 1.807) is 30.3 Å². The molecule has 0 unspecified atom stereocenters. The SMILES string of the molecule is COc1cccc2cc(C(=O)Nc3cc(Cl)ccc3Cl)c(=O)oc12. The number of amides is 1. The van der Waals surface area contributed by atoms with Crippen molar-refractivity contribution in [2.45, 2.75) is 0 Å². The highest BCUT2D eigenvalue weighted by molar-refractivity contribution is 6.35. The Kier molecular flexibility index (Phi) is 4.46. The summed E-state index contributed by atoms with van der Waals surface area (Å²) in [6, 6.07) is 11.2. The first-order valence-corrected chi connectivity index (χ1v) is 7.62. The van der Waals surface area contributed by atoms with E-state index in [0.717, 1.165) is 0 Å². The van der Waals surface area contributed by atoms with Crippen molar-refractivity contribution in [1.82, 2.24) is 0 Å². The van der Waals surface area contributed by atoms with Crippen LogP contribution in [0.1, 0.15) is 10.4 Å². The molecule has 0 spiro atoms. The van der Waals surface area contributed by atoms with Crippen molar-refractivity contribution >= 4 is 45.8 Å². The number of carbonyl (C=O) groups excluding carboxylic acids is 1. The molecule has 0 saturated carbocycles. The normalized spacial score (nSPS) is 10.6. The number of hydrogen-bond donors (Lipinski definition) is 1. The molecule has 0 fully saturated rings. The van der Waals surface area contributed by atoms with E-state index in [0.29, 0.717) is 26.9 Å². The zero-order valence-corrected chi connectivity index (χ0v) is 13.9. The van der Waals surface area contributed by atoms with Crippen LogP contribution in [0.5, 0.6) is 5.75 Å². The minimum atomic E-state index is -0.775. The fourth-order valence-electron chi connectivity index (χ4n) is 2.22. The Bertz CT molecular complexity index is 998. The molecule has 2 aromatic carbocycles. The molecular formula is C17H11Cl2NO4. The van der Waals surface area contributed by atoms with Crippen LogP contribution in [-0.2, 0) is 0 Å². The summed E-state index contributed by atoms with van der Waals surface area (Å²) in [7, 11) is 1.47. The molecule has 3 rings (SSSR count). The minimum absolute atomic E-state index is 0.146. The topological polar surface area (TPSA) is 68.5 Å². The number of benzene rings is 2. The van der Waals surface area contributed by atoms with Gasteiger partial charge < -0.3 is 14.5 Å². The Balaban J connectivity index is 2.03. The molecule has 0 aliphatic carbocycles. The Labute approximate surface area is 146 Å². The summed E-state index contributed by atoms with van der Waals surface area (Å²) in [4.78, 5) is 24.5. The maximum Gasteiger partial charge on any atom is 0.349 e. The van der Waals surface area contributed by atoms with Crippen molar-refractivity contribution < 1.29 is 13.9 Å². The summed E-state index contributed by atoms with van der Waals surface area (Å²) in [5.74, 6) is -0.230. The van der Waals surface area contributed by atoms with Crippen LogP contribution in [0.4, 0.5) is 5.69 Å². The summed E-state index contributed by atoms with van der Waals surface area (Å²) < 4.78 is 10.4. The maximum atomic E-state index is 12.4. The number of para-hydroxylation sites is 1. The second-order valence-corrected chi connectivity index (χ2v) is 5.75. The summed E-state index contributed by atoms with van der Waals surface area (Å²) in [6.45, 7) is 0. The highest BCUT2D eigenvalue weighted by Crippen LogP contribution is 2.27. The van der Waals surface area contributed by atoms with Gasteiger partial charge in [-0.25, -0.2) is 4.79 Å². The number of rotatable bonds is 3. The van der Waals surface area contributed by atoms with Gasteiger partial charge in [0, 0.05) is 10.4 Å². The molecule has 1 aromatic heterocycles. The number of methoxy groups -OCH3 is 1. The molecule has 0 aliphatic heterocycles. The number of carbonyl (C=O) groups is 1. The third-order valence-corrected chi connectivity index (χ3v) is 3.93. The monoisotopic (exact) mass is 363 g/mol. The zero-order valence-electron chi connectivity index (χ0n) is 12.4. The van der Waals surface area contributed by atoms with E-state index in [1.165, 1.54) is 19.2 Å². The first-order valence-electron chi connectivity index (χ1n) is 6.87. The van der Waals surface area contributed by atoms with E-state index in [9.17, 15) is 9.59 Å². The van der Waals surface area contributed by atoms with Gasteiger partial charge in [0.15, 0.2) is 11.3 Å². The Morgan fingerprint density at radius 3 is 2.71 bits per heavy atom. The fraction of sp³-hybridized carbons (Fsp3) is 0.0588. The van der Waals surface area contributed by atoms with Crippen LogP contribution >= 0.6 is 23.2 Å². The lowest BCUT2D eigenvalue weighted by atomic mass is 10.1. The second-order valence-electron chi connectivity index (χ2n) is 4.90. The van der Waals surface area contributed by atoms with Crippen molar-refractivity contribution in [3.63, 3.8) is 0 Å². The Morgan fingerprint density at radius 2 is 1.96 bits per heavy atom. The van der Waals surface area contributed by atoms with Crippen LogP contribution in [-0.4, -0.2) is 13.0 Å². The van der Waals surface area contributed by atoms with Crippen molar-refractivity contribution in [2.24, 2.45) is 0 Å². The molecule has 1 heterocycles. The zero-order chi connectivity index (χ0) is 17.3. The van der Waals surface area contributed by atoms with Crippen molar-refractivity contribution in [3.05, 3.63) is 68.5 Å². The number of ether oxygens (including phenoxy) is 1. The first-order chi connectivity index (χ1) is 11.5. The standard InChI is InChI=1S/C17H11Cl2NO4/c1-23-14-4-2-3-9-7-11(17(22)24-15(9)14)16(21)20-13-8-10(18)5-6-12(13)19/h2-8H,1H3,(H,20,21). The van der Waals surface area contributed by atoms with E-state index in [2.05, 4.69) is 5.32 Å². The van der Waals surface area contributed by atoms with E-state index in [4.69, 9.17) is 32.4 Å². The lowest BCUT2D eigenvalue weighted by molar-refractivity contribution is 0.102. The first kappa shape index (κ1) is 16.4. The summed E-state index contributed by atoms with van der Waals surface area (Å²) >= 11 is 11.9. The lowest BCUT2D eigenvalue weighted by Crippen LogP contribution is -2.20. The molecule has 0 radical (unpaired) electrons. The molecule has 0 bridgehead atoms. The Hall–Kier alpha value is -2.50. The smallest absolute Gasteiger partial charge is 0.349 e. The van der Waals surface area contributed by atoms with Crippen LogP contribution < -0.4 is 15.7 Å². The van der Waals surface area contributed by atoms with Gasteiger partial charge in [-0.3, -0.25) is 4.79 Å². The molecule has 0 saturated heterocycles. The number of hydrogen-bond acceptors (Lipinski definition) is 4. The molecule has 1 amide bonds. The van der Waals surface area contributed by atoms with E-state index >= 15 is 0 Å². The van der Waals surface area contributed by atoms with Gasteiger partial charge in [0.2, 0.25) is 0 Å². The predicted octanol–water partition coefficient (Wildman–Crippen LogP) is 4.36. The molecule has 7 heteroatoms. The van der Waals surface area contributed by atoms with Gasteiger partial charge in [0.1, 0.15) is 5.56 Å². The van der Waals surface area contributed by atoms with Crippen LogP contribution in [0.2, 0.25) is 10.0 Å². The predicted molar refractivity (Wildman–Crippen MR) is 93.5 cm³/mol. The third kappa shape index (κ3) is 3.09. The maximum absolute atomic E-state index is 12.4. The number of fused-ring (bicyclic) bond motifs is 1. The van der Waals surface area contributed by atoms with Crippen LogP contribution in [0.3, 0.4) is 0 Å².